The zero-order valence-corrected chi connectivity index (χ0v) is 27.0. The number of hydrogen-bond donors (Lipinski definition) is 0. The number of para-hydroxylation sites is 4. The molecule has 0 radical (unpaired) electrons. The molecule has 51 heavy (non-hydrogen) atoms. The van der Waals surface area contributed by atoms with Crippen molar-refractivity contribution < 1.29 is 8.83 Å². The lowest BCUT2D eigenvalue weighted by Gasteiger charge is -2.11. The number of fused-ring (bicyclic) bond motifs is 9. The van der Waals surface area contributed by atoms with Crippen molar-refractivity contribution in [3.8, 4) is 39.9 Å². The molecule has 6 aromatic carbocycles. The van der Waals surface area contributed by atoms with Gasteiger partial charge in [-0.05, 0) is 48.0 Å². The van der Waals surface area contributed by atoms with Crippen LogP contribution in [0.25, 0.3) is 106 Å². The molecular weight excluding hydrogens is 631 g/mol. The highest BCUT2D eigenvalue weighted by molar-refractivity contribution is 6.10. The Bertz CT molecular complexity index is 3120. The smallest absolute Gasteiger partial charge is 0.238 e. The minimum atomic E-state index is 0.536. The van der Waals surface area contributed by atoms with E-state index in [-0.39, 0.29) is 0 Å². The van der Waals surface area contributed by atoms with Crippen molar-refractivity contribution in [1.82, 2.24) is 24.5 Å². The normalized spacial score (nSPS) is 11.9. The van der Waals surface area contributed by atoms with Crippen molar-refractivity contribution >= 4 is 65.7 Å². The maximum atomic E-state index is 6.37. The van der Waals surface area contributed by atoms with Gasteiger partial charge in [0.15, 0.2) is 11.6 Å². The predicted molar refractivity (Wildman–Crippen MR) is 203 cm³/mol. The third-order valence-electron chi connectivity index (χ3n) is 9.77. The van der Waals surface area contributed by atoms with Crippen molar-refractivity contribution in [2.75, 3.05) is 0 Å². The summed E-state index contributed by atoms with van der Waals surface area (Å²) in [5.41, 5.74) is 8.98. The summed E-state index contributed by atoms with van der Waals surface area (Å²) >= 11 is 0. The maximum Gasteiger partial charge on any atom is 0.238 e. The third-order valence-corrected chi connectivity index (χ3v) is 9.77. The number of aromatic nitrogens is 5. The quantitative estimate of drug-likeness (QED) is 0.188. The summed E-state index contributed by atoms with van der Waals surface area (Å²) < 4.78 is 14.8. The number of hydrogen-bond acceptors (Lipinski definition) is 6. The van der Waals surface area contributed by atoms with E-state index in [2.05, 4.69) is 107 Å². The third kappa shape index (κ3) is 4.25. The van der Waals surface area contributed by atoms with Gasteiger partial charge in [0.2, 0.25) is 5.95 Å². The molecule has 0 atom stereocenters. The molecule has 0 unspecified atom stereocenters. The molecule has 5 heterocycles. The lowest BCUT2D eigenvalue weighted by atomic mass is 10.0. The molecule has 7 heteroatoms. The Balaban J connectivity index is 1.14. The van der Waals surface area contributed by atoms with Crippen LogP contribution in [0.1, 0.15) is 0 Å². The first-order valence-corrected chi connectivity index (χ1v) is 16.8. The summed E-state index contributed by atoms with van der Waals surface area (Å²) in [6.45, 7) is 0. The number of nitrogens with zero attached hydrogens (tertiary/aromatic N) is 5. The first kappa shape index (κ1) is 27.8. The molecule has 11 rings (SSSR count). The Labute approximate surface area is 290 Å². The van der Waals surface area contributed by atoms with Gasteiger partial charge in [-0.15, -0.1) is 0 Å². The minimum absolute atomic E-state index is 0.536. The van der Waals surface area contributed by atoms with Gasteiger partial charge in [-0.25, -0.2) is 4.98 Å². The Hall–Kier alpha value is -7.12. The topological polar surface area (TPSA) is 82.8 Å². The number of furan rings is 2. The predicted octanol–water partition coefficient (Wildman–Crippen LogP) is 11.2. The van der Waals surface area contributed by atoms with Gasteiger partial charge in [-0.2, -0.15) is 9.97 Å². The van der Waals surface area contributed by atoms with Crippen LogP contribution < -0.4 is 0 Å². The van der Waals surface area contributed by atoms with Gasteiger partial charge in [0.25, 0.3) is 0 Å². The lowest BCUT2D eigenvalue weighted by molar-refractivity contribution is 0.669. The summed E-state index contributed by atoms with van der Waals surface area (Å²) in [7, 11) is 0. The van der Waals surface area contributed by atoms with Crippen LogP contribution in [0, 0.1) is 0 Å². The molecule has 0 amide bonds. The molecule has 0 spiro atoms. The number of pyridine rings is 1. The van der Waals surface area contributed by atoms with E-state index >= 15 is 0 Å². The Kier molecular flexibility index (Phi) is 5.83. The fraction of sp³-hybridized carbons (Fsp3) is 0. The highest BCUT2D eigenvalue weighted by Gasteiger charge is 2.19. The van der Waals surface area contributed by atoms with Gasteiger partial charge in [-0.1, -0.05) is 97.1 Å². The second-order valence-electron chi connectivity index (χ2n) is 12.7. The molecule has 0 aliphatic carbocycles. The summed E-state index contributed by atoms with van der Waals surface area (Å²) in [4.78, 5) is 19.8. The van der Waals surface area contributed by atoms with Crippen LogP contribution in [-0.4, -0.2) is 24.5 Å². The fourth-order valence-electron chi connectivity index (χ4n) is 7.42. The van der Waals surface area contributed by atoms with Crippen LogP contribution in [0.4, 0.5) is 0 Å². The molecule has 0 bridgehead atoms. The van der Waals surface area contributed by atoms with E-state index in [0.29, 0.717) is 17.6 Å². The van der Waals surface area contributed by atoms with Crippen molar-refractivity contribution in [3.63, 3.8) is 0 Å². The van der Waals surface area contributed by atoms with Gasteiger partial charge in [0.05, 0.1) is 11.0 Å². The van der Waals surface area contributed by atoms with Gasteiger partial charge in [0.1, 0.15) is 22.3 Å². The highest BCUT2D eigenvalue weighted by Crippen LogP contribution is 2.38. The second kappa shape index (κ2) is 10.7. The molecule has 11 aromatic rings. The number of rotatable bonds is 4. The van der Waals surface area contributed by atoms with Gasteiger partial charge < -0.3 is 8.83 Å². The molecule has 0 aliphatic rings. The second-order valence-corrected chi connectivity index (χ2v) is 12.7. The summed E-state index contributed by atoms with van der Waals surface area (Å²) in [5.74, 6) is 1.65. The fourth-order valence-corrected chi connectivity index (χ4v) is 7.42. The Morgan fingerprint density at radius 3 is 1.90 bits per heavy atom. The summed E-state index contributed by atoms with van der Waals surface area (Å²) in [6.07, 6.45) is 3.61. The summed E-state index contributed by atoms with van der Waals surface area (Å²) in [5, 5.41) is 6.42. The first-order chi connectivity index (χ1) is 25.3. The standard InChI is InChI=1S/C44H25N5O2/c1-4-16-36-30(11-1)31-12-2-5-17-37(31)49(36)44-47-42(46-43(48-44)28-19-20-33-32-13-3-6-18-38(32)50-40(33)24-28)27-10-7-9-26(23-27)29-14-8-15-34-35-25-45-22-21-39(35)51-41(29)34/h1-25H. The van der Waals surface area contributed by atoms with Gasteiger partial charge in [-0.3, -0.25) is 9.55 Å². The number of benzene rings is 6. The minimum Gasteiger partial charge on any atom is -0.456 e. The molecule has 0 N–H and O–H groups in total. The van der Waals surface area contributed by atoms with Crippen LogP contribution in [0.15, 0.2) is 161 Å². The van der Waals surface area contributed by atoms with Gasteiger partial charge in [0, 0.05) is 61.4 Å². The zero-order valence-electron chi connectivity index (χ0n) is 27.0. The van der Waals surface area contributed by atoms with E-state index in [9.17, 15) is 0 Å². The van der Waals surface area contributed by atoms with Crippen LogP contribution in [0.3, 0.4) is 0 Å². The maximum absolute atomic E-state index is 6.37. The van der Waals surface area contributed by atoms with E-state index in [1.165, 1.54) is 0 Å². The largest absolute Gasteiger partial charge is 0.456 e. The van der Waals surface area contributed by atoms with Crippen molar-refractivity contribution in [2.24, 2.45) is 0 Å². The molecule has 0 aliphatic heterocycles. The molecule has 7 nitrogen and oxygen atoms in total. The zero-order chi connectivity index (χ0) is 33.5. The molecule has 238 valence electrons. The van der Waals surface area contributed by atoms with E-state index in [0.717, 1.165) is 87.9 Å². The highest BCUT2D eigenvalue weighted by atomic mass is 16.3. The first-order valence-electron chi connectivity index (χ1n) is 16.8. The van der Waals surface area contributed by atoms with Crippen LogP contribution in [0.5, 0.6) is 0 Å². The molecule has 0 fully saturated rings. The SMILES string of the molecule is c1cc(-c2nc(-c3ccc4c(c3)oc3ccccc34)nc(-n3c4ccccc4c4ccccc43)n2)cc(-c2cccc3c2oc2ccncc23)c1. The van der Waals surface area contributed by atoms with Crippen LogP contribution in [-0.2, 0) is 0 Å². The molecule has 0 saturated carbocycles. The van der Waals surface area contributed by atoms with Gasteiger partial charge >= 0.3 is 0 Å². The molecule has 5 aromatic heterocycles. The Morgan fingerprint density at radius 2 is 1.08 bits per heavy atom. The van der Waals surface area contributed by atoms with E-state index < -0.39 is 0 Å². The lowest BCUT2D eigenvalue weighted by Crippen LogP contribution is -2.06. The van der Waals surface area contributed by atoms with E-state index in [1.807, 2.05) is 48.7 Å². The molecular formula is C44H25N5O2. The summed E-state index contributed by atoms with van der Waals surface area (Å²) in [6, 6.07) is 47.4. The van der Waals surface area contributed by atoms with E-state index in [4.69, 9.17) is 23.8 Å². The van der Waals surface area contributed by atoms with Crippen LogP contribution in [0.2, 0.25) is 0 Å². The Morgan fingerprint density at radius 1 is 0.431 bits per heavy atom. The van der Waals surface area contributed by atoms with Crippen LogP contribution >= 0.6 is 0 Å². The van der Waals surface area contributed by atoms with Crippen molar-refractivity contribution in [3.05, 3.63) is 152 Å². The van der Waals surface area contributed by atoms with E-state index in [1.54, 1.807) is 6.20 Å². The average Bonchev–Trinajstić information content (AvgIpc) is 3.87. The average molecular weight is 656 g/mol. The van der Waals surface area contributed by atoms with Crippen molar-refractivity contribution in [2.45, 2.75) is 0 Å². The molecule has 0 saturated heterocycles. The monoisotopic (exact) mass is 655 g/mol. The van der Waals surface area contributed by atoms with Crippen molar-refractivity contribution in [1.29, 1.82) is 0 Å².